The molecule has 0 radical (unpaired) electrons. The summed E-state index contributed by atoms with van der Waals surface area (Å²) >= 11 is 1.26. The molecule has 1 N–H and O–H groups in total. The Hall–Kier alpha value is -3.22. The van der Waals surface area contributed by atoms with Crippen molar-refractivity contribution in [3.8, 4) is 5.69 Å². The zero-order chi connectivity index (χ0) is 22.1. The molecule has 12 heteroatoms. The second-order valence-corrected chi connectivity index (χ2v) is 10.4. The van der Waals surface area contributed by atoms with Crippen LogP contribution in [0.2, 0.25) is 0 Å². The quantitative estimate of drug-likeness (QED) is 0.459. The second kappa shape index (κ2) is 8.37. The van der Waals surface area contributed by atoms with Crippen LogP contribution in [0.4, 0.5) is 5.13 Å². The average molecular weight is 470 g/mol. The lowest BCUT2D eigenvalue weighted by Crippen LogP contribution is -2.27. The van der Waals surface area contributed by atoms with Crippen molar-refractivity contribution in [3.63, 3.8) is 0 Å². The molecule has 1 amide bonds. The van der Waals surface area contributed by atoms with Gasteiger partial charge in [0.2, 0.25) is 15.9 Å². The lowest BCUT2D eigenvalue weighted by atomic mass is 10.1. The molecule has 10 nitrogen and oxygen atoms in total. The van der Waals surface area contributed by atoms with Crippen molar-refractivity contribution in [3.05, 3.63) is 54.4 Å². The van der Waals surface area contributed by atoms with E-state index in [1.165, 1.54) is 26.7 Å². The Bertz CT molecular complexity index is 1360. The fourth-order valence-corrected chi connectivity index (χ4v) is 6.13. The van der Waals surface area contributed by atoms with E-state index in [1.54, 1.807) is 18.2 Å². The van der Waals surface area contributed by atoms with Crippen LogP contribution >= 0.6 is 11.3 Å². The summed E-state index contributed by atoms with van der Waals surface area (Å²) in [5.41, 5.74) is 2.28. The van der Waals surface area contributed by atoms with Crippen molar-refractivity contribution in [1.29, 1.82) is 0 Å². The van der Waals surface area contributed by atoms with E-state index in [0.29, 0.717) is 28.4 Å². The SMILES string of the molecule is O=C(Cc1ccc(-n2cnnn2)cc1)Nc1nc2ccc(S(=O)(=O)N3CCCC3)cc2s1. The largest absolute Gasteiger partial charge is 0.302 e. The number of carbonyl (C=O) groups is 1. The number of nitrogens with zero attached hydrogens (tertiary/aromatic N) is 6. The molecule has 0 atom stereocenters. The zero-order valence-electron chi connectivity index (χ0n) is 16.9. The molecule has 2 aromatic carbocycles. The maximum atomic E-state index is 12.8. The van der Waals surface area contributed by atoms with E-state index >= 15 is 0 Å². The number of hydrogen-bond acceptors (Lipinski definition) is 8. The van der Waals surface area contributed by atoms with Gasteiger partial charge in [-0.05, 0) is 59.2 Å². The smallest absolute Gasteiger partial charge is 0.243 e. The van der Waals surface area contributed by atoms with Crippen molar-refractivity contribution in [2.24, 2.45) is 0 Å². The maximum absolute atomic E-state index is 12.8. The van der Waals surface area contributed by atoms with Gasteiger partial charge in [0.05, 0.1) is 27.2 Å². The number of amides is 1. The molecular weight excluding hydrogens is 450 g/mol. The lowest BCUT2D eigenvalue weighted by Gasteiger charge is -2.15. The van der Waals surface area contributed by atoms with Gasteiger partial charge in [0.1, 0.15) is 6.33 Å². The van der Waals surface area contributed by atoms with Crippen LogP contribution in [-0.4, -0.2) is 56.9 Å². The number of thiazole rings is 1. The molecule has 0 aliphatic carbocycles. The highest BCUT2D eigenvalue weighted by Crippen LogP contribution is 2.30. The molecule has 164 valence electrons. The van der Waals surface area contributed by atoms with Crippen molar-refractivity contribution < 1.29 is 13.2 Å². The highest BCUT2D eigenvalue weighted by Gasteiger charge is 2.27. The predicted octanol–water partition coefficient (Wildman–Crippen LogP) is 2.24. The average Bonchev–Trinajstić information content (AvgIpc) is 3.54. The number of hydrogen-bond donors (Lipinski definition) is 1. The normalized spacial score (nSPS) is 14.8. The van der Waals surface area contributed by atoms with Crippen LogP contribution in [0.3, 0.4) is 0 Å². The first kappa shape index (κ1) is 20.7. The van der Waals surface area contributed by atoms with Crippen LogP contribution in [0.1, 0.15) is 18.4 Å². The van der Waals surface area contributed by atoms with Crippen molar-refractivity contribution in [2.45, 2.75) is 24.2 Å². The van der Waals surface area contributed by atoms with Gasteiger partial charge in [-0.25, -0.2) is 18.1 Å². The number of carbonyl (C=O) groups excluding carboxylic acids is 1. The first-order chi connectivity index (χ1) is 15.5. The molecule has 3 heterocycles. The zero-order valence-corrected chi connectivity index (χ0v) is 18.5. The number of fused-ring (bicyclic) bond motifs is 1. The third-order valence-electron chi connectivity index (χ3n) is 5.22. The Kier molecular flexibility index (Phi) is 5.41. The number of sulfonamides is 1. The van der Waals surface area contributed by atoms with Gasteiger partial charge in [0.25, 0.3) is 0 Å². The Morgan fingerprint density at radius 3 is 2.59 bits per heavy atom. The number of benzene rings is 2. The summed E-state index contributed by atoms with van der Waals surface area (Å²) in [5, 5.41) is 14.3. The van der Waals surface area contributed by atoms with Crippen LogP contribution in [-0.2, 0) is 21.2 Å². The summed E-state index contributed by atoms with van der Waals surface area (Å²) in [5.74, 6) is -0.204. The summed E-state index contributed by atoms with van der Waals surface area (Å²) in [6, 6.07) is 12.2. The summed E-state index contributed by atoms with van der Waals surface area (Å²) in [7, 11) is -3.49. The summed E-state index contributed by atoms with van der Waals surface area (Å²) < 4.78 is 29.3. The van der Waals surface area contributed by atoms with Crippen LogP contribution in [0.5, 0.6) is 0 Å². The lowest BCUT2D eigenvalue weighted by molar-refractivity contribution is -0.115. The Labute approximate surface area is 187 Å². The third-order valence-corrected chi connectivity index (χ3v) is 8.05. The Morgan fingerprint density at radius 2 is 1.88 bits per heavy atom. The van der Waals surface area contributed by atoms with Gasteiger partial charge in [-0.2, -0.15) is 4.31 Å². The summed E-state index contributed by atoms with van der Waals surface area (Å²) in [4.78, 5) is 17.2. The summed E-state index contributed by atoms with van der Waals surface area (Å²) in [6.45, 7) is 1.11. The van der Waals surface area contributed by atoms with E-state index in [0.717, 1.165) is 24.1 Å². The number of rotatable bonds is 6. The van der Waals surface area contributed by atoms with Crippen molar-refractivity contribution in [1.82, 2.24) is 29.5 Å². The van der Waals surface area contributed by atoms with Gasteiger partial charge >= 0.3 is 0 Å². The van der Waals surface area contributed by atoms with Gasteiger partial charge < -0.3 is 5.32 Å². The van der Waals surface area contributed by atoms with Gasteiger partial charge in [0, 0.05) is 13.1 Å². The first-order valence-corrected chi connectivity index (χ1v) is 12.3. The molecule has 0 saturated carbocycles. The molecule has 2 aromatic heterocycles. The molecule has 0 bridgehead atoms. The maximum Gasteiger partial charge on any atom is 0.243 e. The van der Waals surface area contributed by atoms with Gasteiger partial charge in [-0.1, -0.05) is 23.5 Å². The predicted molar refractivity (Wildman–Crippen MR) is 119 cm³/mol. The van der Waals surface area contributed by atoms with E-state index in [9.17, 15) is 13.2 Å². The fraction of sp³-hybridized carbons (Fsp3) is 0.250. The standard InChI is InChI=1S/C20H19N7O3S2/c28-19(11-14-3-5-15(6-4-14)27-13-21-24-25-27)23-20-22-17-8-7-16(12-18(17)31-20)32(29,30)26-9-1-2-10-26/h3-8,12-13H,1-2,9-11H2,(H,22,23,28). The Balaban J connectivity index is 1.28. The molecule has 1 fully saturated rings. The van der Waals surface area contributed by atoms with E-state index in [4.69, 9.17) is 0 Å². The van der Waals surface area contributed by atoms with E-state index < -0.39 is 10.0 Å². The molecular formula is C20H19N7O3S2. The molecule has 4 aromatic rings. The molecule has 0 unspecified atom stereocenters. The van der Waals surface area contributed by atoms with Crippen LogP contribution < -0.4 is 5.32 Å². The molecule has 0 spiro atoms. The van der Waals surface area contributed by atoms with Crippen LogP contribution in [0.15, 0.2) is 53.7 Å². The van der Waals surface area contributed by atoms with E-state index in [2.05, 4.69) is 25.8 Å². The van der Waals surface area contributed by atoms with Gasteiger partial charge in [-0.3, -0.25) is 4.79 Å². The topological polar surface area (TPSA) is 123 Å². The third kappa shape index (κ3) is 4.11. The molecule has 5 rings (SSSR count). The van der Waals surface area contributed by atoms with E-state index in [-0.39, 0.29) is 17.2 Å². The highest BCUT2D eigenvalue weighted by molar-refractivity contribution is 7.89. The van der Waals surface area contributed by atoms with Crippen LogP contribution in [0.25, 0.3) is 15.9 Å². The monoisotopic (exact) mass is 469 g/mol. The van der Waals surface area contributed by atoms with Gasteiger partial charge in [-0.15, -0.1) is 5.10 Å². The number of aromatic nitrogens is 5. The van der Waals surface area contributed by atoms with Crippen LogP contribution in [0, 0.1) is 0 Å². The molecule has 1 aliphatic heterocycles. The van der Waals surface area contributed by atoms with Crippen molar-refractivity contribution in [2.75, 3.05) is 18.4 Å². The molecule has 1 aliphatic rings. The second-order valence-electron chi connectivity index (χ2n) is 7.41. The number of anilines is 1. The minimum atomic E-state index is -3.49. The fourth-order valence-electron chi connectivity index (χ4n) is 3.59. The summed E-state index contributed by atoms with van der Waals surface area (Å²) in [6.07, 6.45) is 3.45. The first-order valence-electron chi connectivity index (χ1n) is 10.0. The van der Waals surface area contributed by atoms with E-state index in [1.807, 2.05) is 24.3 Å². The number of tetrazole rings is 1. The highest BCUT2D eigenvalue weighted by atomic mass is 32.2. The van der Waals surface area contributed by atoms with Crippen molar-refractivity contribution >= 4 is 42.6 Å². The van der Waals surface area contributed by atoms with Gasteiger partial charge in [0.15, 0.2) is 5.13 Å². The minimum Gasteiger partial charge on any atom is -0.302 e. The minimum absolute atomic E-state index is 0.181. The Morgan fingerprint density at radius 1 is 1.09 bits per heavy atom. The number of nitrogens with one attached hydrogen (secondary N) is 1. The molecule has 32 heavy (non-hydrogen) atoms. The molecule has 1 saturated heterocycles.